The summed E-state index contributed by atoms with van der Waals surface area (Å²) in [5.41, 5.74) is 10.1. The van der Waals surface area contributed by atoms with Gasteiger partial charge in [0.05, 0.1) is 0 Å². The van der Waals surface area contributed by atoms with Crippen molar-refractivity contribution < 1.29 is 4.79 Å². The SMILES string of the molecule is [N-]=[N+]=C1C=CC=CC1C(N=O)(c1ccccc1)c1ccccc1. The summed E-state index contributed by atoms with van der Waals surface area (Å²) in [5, 5.41) is 3.55. The molecule has 4 nitrogen and oxygen atoms in total. The van der Waals surface area contributed by atoms with Crippen molar-refractivity contribution in [3.63, 3.8) is 0 Å². The lowest BCUT2D eigenvalue weighted by Crippen LogP contribution is -2.38. The van der Waals surface area contributed by atoms with Crippen LogP contribution in [0.15, 0.2) is 90.1 Å². The number of hydrogen-bond acceptors (Lipinski definition) is 2. The lowest BCUT2D eigenvalue weighted by Gasteiger charge is -2.32. The number of nitroso groups, excluding NO2 is 1. The summed E-state index contributed by atoms with van der Waals surface area (Å²) in [7, 11) is 0. The number of rotatable bonds is 4. The van der Waals surface area contributed by atoms with Crippen LogP contribution in [0.2, 0.25) is 0 Å². The second kappa shape index (κ2) is 6.34. The first-order valence-corrected chi connectivity index (χ1v) is 7.35. The molecule has 0 spiro atoms. The Hall–Kier alpha value is -3.10. The van der Waals surface area contributed by atoms with Crippen LogP contribution in [-0.2, 0) is 5.54 Å². The molecule has 2 aromatic carbocycles. The van der Waals surface area contributed by atoms with Gasteiger partial charge in [-0.25, -0.2) is 0 Å². The van der Waals surface area contributed by atoms with Crippen molar-refractivity contribution >= 4 is 5.71 Å². The number of benzene rings is 2. The van der Waals surface area contributed by atoms with Gasteiger partial charge >= 0.3 is 5.71 Å². The number of nitrogens with zero attached hydrogens (tertiary/aromatic N) is 3. The molecule has 4 heteroatoms. The maximum Gasteiger partial charge on any atom is 0.302 e. The minimum Gasteiger partial charge on any atom is -0.361 e. The molecule has 1 unspecified atom stereocenters. The summed E-state index contributed by atoms with van der Waals surface area (Å²) in [4.78, 5) is 15.5. The molecule has 0 fully saturated rings. The lowest BCUT2D eigenvalue weighted by molar-refractivity contribution is -0.0114. The smallest absolute Gasteiger partial charge is 0.302 e. The number of hydrogen-bond donors (Lipinski definition) is 0. The van der Waals surface area contributed by atoms with Gasteiger partial charge in [0, 0.05) is 6.08 Å². The first-order chi connectivity index (χ1) is 11.3. The van der Waals surface area contributed by atoms with Crippen LogP contribution in [0.3, 0.4) is 0 Å². The van der Waals surface area contributed by atoms with Gasteiger partial charge < -0.3 is 5.53 Å². The molecule has 1 aliphatic carbocycles. The van der Waals surface area contributed by atoms with Gasteiger partial charge in [-0.15, -0.1) is 4.91 Å². The average molecular weight is 301 g/mol. The van der Waals surface area contributed by atoms with Crippen LogP contribution in [0.4, 0.5) is 0 Å². The molecule has 0 N–H and O–H groups in total. The molecular weight excluding hydrogens is 286 g/mol. The topological polar surface area (TPSA) is 65.8 Å². The molecule has 0 radical (unpaired) electrons. The number of allylic oxidation sites excluding steroid dienone is 3. The van der Waals surface area contributed by atoms with Crippen LogP contribution in [-0.4, -0.2) is 10.5 Å². The molecule has 0 saturated carbocycles. The third-order valence-corrected chi connectivity index (χ3v) is 4.14. The Morgan fingerprint density at radius 1 is 0.913 bits per heavy atom. The standard InChI is InChI=1S/C19H15N3O/c20-21-18-14-8-7-13-17(18)19(22-23,15-9-3-1-4-10-15)16-11-5-2-6-12-16/h1-14,17H. The van der Waals surface area contributed by atoms with Crippen molar-refractivity contribution in [3.8, 4) is 0 Å². The molecule has 23 heavy (non-hydrogen) atoms. The van der Waals surface area contributed by atoms with Gasteiger partial charge in [0.1, 0.15) is 5.92 Å². The Bertz CT molecular complexity index is 764. The quantitative estimate of drug-likeness (QED) is 0.476. The molecule has 3 rings (SSSR count). The van der Waals surface area contributed by atoms with E-state index in [4.69, 9.17) is 0 Å². The fourth-order valence-electron chi connectivity index (χ4n) is 3.05. The third-order valence-electron chi connectivity index (χ3n) is 4.14. The Labute approximate surface area is 134 Å². The van der Waals surface area contributed by atoms with E-state index in [2.05, 4.69) is 9.97 Å². The zero-order valence-electron chi connectivity index (χ0n) is 12.4. The molecule has 112 valence electrons. The zero-order chi connectivity index (χ0) is 16.1. The summed E-state index contributed by atoms with van der Waals surface area (Å²) in [5.74, 6) is -0.486. The molecular formula is C19H15N3O. The van der Waals surface area contributed by atoms with Crippen LogP contribution < -0.4 is 0 Å². The van der Waals surface area contributed by atoms with Crippen LogP contribution in [0.1, 0.15) is 11.1 Å². The van der Waals surface area contributed by atoms with E-state index < -0.39 is 11.5 Å². The third kappa shape index (κ3) is 2.45. The largest absolute Gasteiger partial charge is 0.361 e. The first-order valence-electron chi connectivity index (χ1n) is 7.35. The molecule has 0 bridgehead atoms. The summed E-state index contributed by atoms with van der Waals surface area (Å²) < 4.78 is 0. The van der Waals surface area contributed by atoms with E-state index in [0.717, 1.165) is 11.1 Å². The van der Waals surface area contributed by atoms with Crippen molar-refractivity contribution in [2.24, 2.45) is 11.1 Å². The highest BCUT2D eigenvalue weighted by atomic mass is 16.3. The maximum atomic E-state index is 12.1. The summed E-state index contributed by atoms with van der Waals surface area (Å²) >= 11 is 0. The highest BCUT2D eigenvalue weighted by Crippen LogP contribution is 2.42. The van der Waals surface area contributed by atoms with E-state index in [1.54, 1.807) is 12.2 Å². The molecule has 0 saturated heterocycles. The van der Waals surface area contributed by atoms with Crippen LogP contribution >= 0.6 is 0 Å². The van der Waals surface area contributed by atoms with E-state index in [0.29, 0.717) is 5.71 Å². The molecule has 1 aliphatic rings. The van der Waals surface area contributed by atoms with E-state index >= 15 is 0 Å². The van der Waals surface area contributed by atoms with E-state index in [1.807, 2.05) is 72.8 Å². The minimum atomic E-state index is -1.19. The first kappa shape index (κ1) is 14.8. The van der Waals surface area contributed by atoms with Crippen molar-refractivity contribution in [3.05, 3.63) is 107 Å². The van der Waals surface area contributed by atoms with Crippen molar-refractivity contribution in [1.29, 1.82) is 0 Å². The molecule has 0 aromatic heterocycles. The van der Waals surface area contributed by atoms with Crippen LogP contribution in [0.5, 0.6) is 0 Å². The Kier molecular flexibility index (Phi) is 4.09. The summed E-state index contributed by atoms with van der Waals surface area (Å²) in [6.45, 7) is 0. The van der Waals surface area contributed by atoms with Crippen molar-refractivity contribution in [2.45, 2.75) is 5.54 Å². The van der Waals surface area contributed by atoms with Crippen molar-refractivity contribution in [2.75, 3.05) is 0 Å². The van der Waals surface area contributed by atoms with Crippen LogP contribution in [0.25, 0.3) is 5.53 Å². The van der Waals surface area contributed by atoms with Gasteiger partial charge in [0.2, 0.25) is 0 Å². The Morgan fingerprint density at radius 3 is 1.96 bits per heavy atom. The second-order valence-electron chi connectivity index (χ2n) is 5.34. The fourth-order valence-corrected chi connectivity index (χ4v) is 3.05. The summed E-state index contributed by atoms with van der Waals surface area (Å²) in [6.07, 6.45) is 7.15. The highest BCUT2D eigenvalue weighted by Gasteiger charge is 2.48. The molecule has 2 aromatic rings. The molecule has 0 aliphatic heterocycles. The monoisotopic (exact) mass is 301 g/mol. The van der Waals surface area contributed by atoms with Crippen molar-refractivity contribution in [1.82, 2.24) is 0 Å². The second-order valence-corrected chi connectivity index (χ2v) is 5.34. The predicted molar refractivity (Wildman–Crippen MR) is 89.9 cm³/mol. The van der Waals surface area contributed by atoms with E-state index in [9.17, 15) is 10.4 Å². The Morgan fingerprint density at radius 2 is 1.48 bits per heavy atom. The Balaban J connectivity index is 2.30. The van der Waals surface area contributed by atoms with Gasteiger partial charge in [-0.2, -0.15) is 4.79 Å². The van der Waals surface area contributed by atoms with Gasteiger partial charge in [0.25, 0.3) is 0 Å². The van der Waals surface area contributed by atoms with E-state index in [-0.39, 0.29) is 0 Å². The van der Waals surface area contributed by atoms with Crippen LogP contribution in [0, 0.1) is 10.8 Å². The van der Waals surface area contributed by atoms with E-state index in [1.165, 1.54) is 0 Å². The fraction of sp³-hybridized carbons (Fsp3) is 0.105. The van der Waals surface area contributed by atoms with Gasteiger partial charge in [-0.05, 0) is 11.1 Å². The highest BCUT2D eigenvalue weighted by molar-refractivity contribution is 5.96. The normalized spacial score (nSPS) is 16.9. The molecule has 0 heterocycles. The van der Waals surface area contributed by atoms with Gasteiger partial charge in [0.15, 0.2) is 5.54 Å². The minimum absolute atomic E-state index is 0.403. The maximum absolute atomic E-state index is 12.1. The molecule has 1 atom stereocenters. The van der Waals surface area contributed by atoms with Gasteiger partial charge in [-0.1, -0.05) is 84.1 Å². The summed E-state index contributed by atoms with van der Waals surface area (Å²) in [6, 6.07) is 18.7. The average Bonchev–Trinajstić information content (AvgIpc) is 2.65. The van der Waals surface area contributed by atoms with Gasteiger partial charge in [-0.3, -0.25) is 0 Å². The zero-order valence-corrected chi connectivity index (χ0v) is 12.4. The predicted octanol–water partition coefficient (Wildman–Crippen LogP) is 4.11. The lowest BCUT2D eigenvalue weighted by atomic mass is 9.70. The molecule has 0 amide bonds.